The second-order valence-electron chi connectivity index (χ2n) is 9.76. The van der Waals surface area contributed by atoms with E-state index >= 15 is 0 Å². The van der Waals surface area contributed by atoms with E-state index in [4.69, 9.17) is 9.47 Å². The highest BCUT2D eigenvalue weighted by molar-refractivity contribution is 5.59. The number of aliphatic hydroxyl groups excluding tert-OH is 1. The summed E-state index contributed by atoms with van der Waals surface area (Å²) in [5, 5.41) is 9.67. The highest BCUT2D eigenvalue weighted by Gasteiger charge is 2.36. The third-order valence-corrected chi connectivity index (χ3v) is 7.01. The van der Waals surface area contributed by atoms with Crippen LogP contribution in [-0.4, -0.2) is 35.3 Å². The summed E-state index contributed by atoms with van der Waals surface area (Å²) in [4.78, 5) is 2.30. The smallest absolute Gasteiger partial charge is 0.127 e. The molecule has 4 nitrogen and oxygen atoms in total. The lowest BCUT2D eigenvalue weighted by Crippen LogP contribution is -2.48. The fourth-order valence-electron chi connectivity index (χ4n) is 5.01. The van der Waals surface area contributed by atoms with Gasteiger partial charge >= 0.3 is 0 Å². The second kappa shape index (κ2) is 10.6. The molecule has 0 radical (unpaired) electrons. The third-order valence-electron chi connectivity index (χ3n) is 7.01. The molecule has 4 rings (SSSR count). The van der Waals surface area contributed by atoms with Gasteiger partial charge < -0.3 is 14.6 Å². The summed E-state index contributed by atoms with van der Waals surface area (Å²) in [6, 6.07) is 20.7. The highest BCUT2D eigenvalue weighted by atomic mass is 16.5. The molecule has 0 aromatic heterocycles. The number of hydrogen-bond acceptors (Lipinski definition) is 4. The summed E-state index contributed by atoms with van der Waals surface area (Å²) in [5.41, 5.74) is 6.86. The molecule has 4 heteroatoms. The van der Waals surface area contributed by atoms with Crippen LogP contribution in [0.1, 0.15) is 46.7 Å². The Labute approximate surface area is 204 Å². The number of hydrogen-bond donors (Lipinski definition) is 1. The maximum atomic E-state index is 9.67. The van der Waals surface area contributed by atoms with E-state index in [1.807, 2.05) is 24.3 Å². The minimum atomic E-state index is -0.312. The van der Waals surface area contributed by atoms with Gasteiger partial charge in [0.25, 0.3) is 0 Å². The van der Waals surface area contributed by atoms with Gasteiger partial charge in [0.2, 0.25) is 0 Å². The Morgan fingerprint density at radius 3 is 2.21 bits per heavy atom. The molecule has 1 heterocycles. The van der Waals surface area contributed by atoms with Crippen molar-refractivity contribution in [1.29, 1.82) is 0 Å². The SMILES string of the molecule is Cc1c(C)c2c(c(C)c1OCc1ccccc1)CCC(C)(CN(CCO)Cc1ccccc1)O2. The van der Waals surface area contributed by atoms with Crippen molar-refractivity contribution in [2.24, 2.45) is 0 Å². The van der Waals surface area contributed by atoms with Crippen LogP contribution in [0, 0.1) is 20.8 Å². The first-order valence-corrected chi connectivity index (χ1v) is 12.3. The van der Waals surface area contributed by atoms with E-state index in [-0.39, 0.29) is 12.2 Å². The van der Waals surface area contributed by atoms with Gasteiger partial charge in [0.15, 0.2) is 0 Å². The number of aliphatic hydroxyl groups is 1. The van der Waals surface area contributed by atoms with Crippen molar-refractivity contribution in [3.63, 3.8) is 0 Å². The number of fused-ring (bicyclic) bond motifs is 1. The van der Waals surface area contributed by atoms with Gasteiger partial charge in [-0.05, 0) is 68.4 Å². The molecule has 0 saturated heterocycles. The van der Waals surface area contributed by atoms with Gasteiger partial charge in [0.05, 0.1) is 6.61 Å². The topological polar surface area (TPSA) is 41.9 Å². The van der Waals surface area contributed by atoms with E-state index in [9.17, 15) is 5.11 Å². The molecule has 0 saturated carbocycles. The first-order chi connectivity index (χ1) is 16.4. The Hall–Kier alpha value is -2.82. The number of nitrogens with zero attached hydrogens (tertiary/aromatic N) is 1. The molecule has 0 fully saturated rings. The van der Waals surface area contributed by atoms with E-state index in [1.165, 1.54) is 22.3 Å². The van der Waals surface area contributed by atoms with Gasteiger partial charge in [-0.1, -0.05) is 60.7 Å². The van der Waals surface area contributed by atoms with E-state index in [0.717, 1.165) is 48.6 Å². The van der Waals surface area contributed by atoms with Gasteiger partial charge in [-0.15, -0.1) is 0 Å². The standard InChI is InChI=1S/C30H37NO3/c1-22-23(2)29-27(24(3)28(22)33-20-26-13-9-6-10-14-26)15-16-30(4,34-29)21-31(17-18-32)19-25-11-7-5-8-12-25/h5-14,32H,15-21H2,1-4H3. The first kappa shape index (κ1) is 24.3. The van der Waals surface area contributed by atoms with Crippen LogP contribution >= 0.6 is 0 Å². The molecule has 3 aromatic carbocycles. The molecule has 0 aliphatic carbocycles. The van der Waals surface area contributed by atoms with Gasteiger partial charge in [-0.2, -0.15) is 0 Å². The first-order valence-electron chi connectivity index (χ1n) is 12.3. The molecule has 3 aromatic rings. The van der Waals surface area contributed by atoms with E-state index < -0.39 is 0 Å². The van der Waals surface area contributed by atoms with Crippen LogP contribution < -0.4 is 9.47 Å². The van der Waals surface area contributed by atoms with Crippen molar-refractivity contribution in [1.82, 2.24) is 4.90 Å². The molecule has 0 bridgehead atoms. The zero-order valence-corrected chi connectivity index (χ0v) is 20.9. The van der Waals surface area contributed by atoms with Gasteiger partial charge in [-0.3, -0.25) is 4.90 Å². The van der Waals surface area contributed by atoms with Crippen LogP contribution in [0.2, 0.25) is 0 Å². The minimum Gasteiger partial charge on any atom is -0.488 e. The van der Waals surface area contributed by atoms with Crippen LogP contribution in [0.25, 0.3) is 0 Å². The summed E-state index contributed by atoms with van der Waals surface area (Å²) in [6.07, 6.45) is 1.89. The third kappa shape index (κ3) is 5.45. The Bertz CT molecular complexity index is 1100. The Morgan fingerprint density at radius 1 is 0.912 bits per heavy atom. The second-order valence-corrected chi connectivity index (χ2v) is 9.76. The zero-order valence-electron chi connectivity index (χ0n) is 20.9. The summed E-state index contributed by atoms with van der Waals surface area (Å²) in [6.45, 7) is 11.5. The Kier molecular flexibility index (Phi) is 7.60. The van der Waals surface area contributed by atoms with Crippen LogP contribution in [0.3, 0.4) is 0 Å². The van der Waals surface area contributed by atoms with Crippen molar-refractivity contribution < 1.29 is 14.6 Å². The Balaban J connectivity index is 1.53. The molecule has 0 spiro atoms. The maximum Gasteiger partial charge on any atom is 0.127 e. The molecule has 1 aliphatic heterocycles. The number of rotatable bonds is 9. The zero-order chi connectivity index (χ0) is 24.1. The number of benzene rings is 3. The van der Waals surface area contributed by atoms with Crippen molar-refractivity contribution in [2.75, 3.05) is 19.7 Å². The lowest BCUT2D eigenvalue weighted by atomic mass is 9.86. The van der Waals surface area contributed by atoms with E-state index in [1.54, 1.807) is 0 Å². The Morgan fingerprint density at radius 2 is 1.56 bits per heavy atom. The van der Waals surface area contributed by atoms with Gasteiger partial charge in [-0.25, -0.2) is 0 Å². The highest BCUT2D eigenvalue weighted by Crippen LogP contribution is 2.44. The molecule has 1 aliphatic rings. The van der Waals surface area contributed by atoms with Gasteiger partial charge in [0, 0.05) is 25.2 Å². The van der Waals surface area contributed by atoms with E-state index in [0.29, 0.717) is 13.2 Å². The normalized spacial score (nSPS) is 17.4. The largest absolute Gasteiger partial charge is 0.488 e. The van der Waals surface area contributed by atoms with E-state index in [2.05, 4.69) is 69.0 Å². The molecule has 0 amide bonds. The molecule has 34 heavy (non-hydrogen) atoms. The van der Waals surface area contributed by atoms with Crippen molar-refractivity contribution in [2.45, 2.75) is 59.3 Å². The molecular weight excluding hydrogens is 422 g/mol. The summed E-state index contributed by atoms with van der Waals surface area (Å²) >= 11 is 0. The fraction of sp³-hybridized carbons (Fsp3) is 0.400. The molecule has 1 atom stereocenters. The van der Waals surface area contributed by atoms with Crippen molar-refractivity contribution in [3.05, 3.63) is 94.0 Å². The maximum absolute atomic E-state index is 9.67. The van der Waals surface area contributed by atoms with Crippen molar-refractivity contribution in [3.8, 4) is 11.5 Å². The summed E-state index contributed by atoms with van der Waals surface area (Å²) in [7, 11) is 0. The average Bonchev–Trinajstić information content (AvgIpc) is 2.84. The van der Waals surface area contributed by atoms with Crippen LogP contribution in [0.15, 0.2) is 60.7 Å². The molecule has 1 unspecified atom stereocenters. The summed E-state index contributed by atoms with van der Waals surface area (Å²) < 4.78 is 13.1. The molecule has 180 valence electrons. The van der Waals surface area contributed by atoms with Crippen LogP contribution in [0.5, 0.6) is 11.5 Å². The lowest BCUT2D eigenvalue weighted by Gasteiger charge is -2.41. The monoisotopic (exact) mass is 459 g/mol. The summed E-state index contributed by atoms with van der Waals surface area (Å²) in [5.74, 6) is 2.00. The quantitative estimate of drug-likeness (QED) is 0.441. The fourth-order valence-corrected chi connectivity index (χ4v) is 5.01. The van der Waals surface area contributed by atoms with Crippen LogP contribution in [0.4, 0.5) is 0 Å². The molecular formula is C30H37NO3. The average molecular weight is 460 g/mol. The lowest BCUT2D eigenvalue weighted by molar-refractivity contribution is 0.0171. The predicted octanol–water partition coefficient (Wildman–Crippen LogP) is 5.77. The predicted molar refractivity (Wildman–Crippen MR) is 138 cm³/mol. The van der Waals surface area contributed by atoms with Crippen LogP contribution in [-0.2, 0) is 19.6 Å². The molecule has 1 N–H and O–H groups in total. The van der Waals surface area contributed by atoms with Crippen molar-refractivity contribution >= 4 is 0 Å². The number of ether oxygens (including phenoxy) is 2. The van der Waals surface area contributed by atoms with Gasteiger partial charge in [0.1, 0.15) is 23.7 Å². The minimum absolute atomic E-state index is 0.138.